The van der Waals surface area contributed by atoms with Crippen LogP contribution in [0.25, 0.3) is 0 Å². The molecule has 1 fully saturated rings. The number of hydrogen-bond acceptors (Lipinski definition) is 6. The van der Waals surface area contributed by atoms with Crippen LogP contribution < -0.4 is 10.0 Å². The minimum absolute atomic E-state index is 0.00125. The first-order chi connectivity index (χ1) is 15.7. The number of halogens is 3. The number of likely N-dealkylation sites (tertiary alicyclic amines) is 1. The van der Waals surface area contributed by atoms with Gasteiger partial charge >= 0.3 is 0 Å². The predicted molar refractivity (Wildman–Crippen MR) is 122 cm³/mol. The predicted octanol–water partition coefficient (Wildman–Crippen LogP) is 4.96. The molecule has 1 aromatic heterocycles. The van der Waals surface area contributed by atoms with Gasteiger partial charge in [-0.15, -0.1) is 11.3 Å². The number of thiazole rings is 1. The second-order valence-corrected chi connectivity index (χ2v) is 10.3. The Hall–Kier alpha value is -2.63. The van der Waals surface area contributed by atoms with Crippen molar-refractivity contribution in [2.24, 2.45) is 0 Å². The lowest BCUT2D eigenvalue weighted by Gasteiger charge is -2.23. The Morgan fingerprint density at radius 3 is 2.58 bits per heavy atom. The molecule has 1 aliphatic rings. The monoisotopic (exact) mass is 496 g/mol. The summed E-state index contributed by atoms with van der Waals surface area (Å²) in [6, 6.07) is 6.98. The third kappa shape index (κ3) is 5.31. The molecule has 2 N–H and O–H groups in total. The SMILES string of the molecule is C[C@H]1CCCN1Cc1cccc(F)c1CNc1cc(F)c(S(=O)(=O)Nc2cscn2)c(F)c1. The van der Waals surface area contributed by atoms with Gasteiger partial charge < -0.3 is 5.32 Å². The van der Waals surface area contributed by atoms with Crippen LogP contribution in [0, 0.1) is 17.5 Å². The highest BCUT2D eigenvalue weighted by atomic mass is 32.2. The van der Waals surface area contributed by atoms with Crippen LogP contribution in [0.3, 0.4) is 0 Å². The summed E-state index contributed by atoms with van der Waals surface area (Å²) in [5.74, 6) is -2.97. The number of anilines is 2. The van der Waals surface area contributed by atoms with Gasteiger partial charge in [-0.1, -0.05) is 12.1 Å². The Bertz CT molecular complexity index is 1210. The largest absolute Gasteiger partial charge is 0.381 e. The number of hydrogen-bond donors (Lipinski definition) is 2. The quantitative estimate of drug-likeness (QED) is 0.461. The number of rotatable bonds is 8. The number of nitrogens with one attached hydrogen (secondary N) is 2. The Kier molecular flexibility index (Phi) is 6.91. The molecule has 2 heterocycles. The Morgan fingerprint density at radius 2 is 1.94 bits per heavy atom. The van der Waals surface area contributed by atoms with Crippen molar-refractivity contribution in [3.05, 3.63) is 69.8 Å². The average Bonchev–Trinajstić information content (AvgIpc) is 3.38. The van der Waals surface area contributed by atoms with Gasteiger partial charge in [-0.2, -0.15) is 0 Å². The summed E-state index contributed by atoms with van der Waals surface area (Å²) in [5.41, 5.74) is 2.59. The topological polar surface area (TPSA) is 74.3 Å². The van der Waals surface area contributed by atoms with Crippen molar-refractivity contribution in [1.82, 2.24) is 9.88 Å². The first-order valence-electron chi connectivity index (χ1n) is 10.4. The maximum absolute atomic E-state index is 14.6. The molecule has 1 atom stereocenters. The highest BCUT2D eigenvalue weighted by Gasteiger charge is 2.26. The minimum atomic E-state index is -4.51. The molecule has 0 radical (unpaired) electrons. The average molecular weight is 497 g/mol. The van der Waals surface area contributed by atoms with Crippen molar-refractivity contribution >= 4 is 32.9 Å². The van der Waals surface area contributed by atoms with Crippen LogP contribution in [0.5, 0.6) is 0 Å². The fourth-order valence-corrected chi connectivity index (χ4v) is 5.64. The fraction of sp³-hybridized carbons (Fsp3) is 0.318. The molecule has 0 unspecified atom stereocenters. The lowest BCUT2D eigenvalue weighted by Crippen LogP contribution is -2.27. The molecule has 33 heavy (non-hydrogen) atoms. The highest BCUT2D eigenvalue weighted by molar-refractivity contribution is 7.92. The molecule has 3 aromatic rings. The van der Waals surface area contributed by atoms with Crippen molar-refractivity contribution in [2.75, 3.05) is 16.6 Å². The van der Waals surface area contributed by atoms with Crippen molar-refractivity contribution in [3.8, 4) is 0 Å². The van der Waals surface area contributed by atoms with Crippen molar-refractivity contribution in [2.45, 2.75) is 43.8 Å². The summed E-state index contributed by atoms with van der Waals surface area (Å²) in [6.45, 7) is 3.64. The van der Waals surface area contributed by atoms with Gasteiger partial charge in [0, 0.05) is 35.8 Å². The first-order valence-corrected chi connectivity index (χ1v) is 12.8. The summed E-state index contributed by atoms with van der Waals surface area (Å²) in [4.78, 5) is 4.93. The zero-order valence-corrected chi connectivity index (χ0v) is 19.4. The van der Waals surface area contributed by atoms with Gasteiger partial charge in [0.25, 0.3) is 10.0 Å². The van der Waals surface area contributed by atoms with E-state index in [0.717, 1.165) is 48.4 Å². The van der Waals surface area contributed by atoms with Crippen LogP contribution in [0.15, 0.2) is 46.1 Å². The van der Waals surface area contributed by atoms with Gasteiger partial charge in [0.1, 0.15) is 17.5 Å². The number of benzene rings is 2. The fourth-order valence-electron chi connectivity index (χ4n) is 3.96. The van der Waals surface area contributed by atoms with E-state index < -0.39 is 32.4 Å². The maximum Gasteiger partial charge on any atom is 0.268 e. The van der Waals surface area contributed by atoms with Crippen molar-refractivity contribution in [3.63, 3.8) is 0 Å². The first kappa shape index (κ1) is 23.5. The van der Waals surface area contributed by atoms with E-state index in [-0.39, 0.29) is 18.1 Å². The van der Waals surface area contributed by atoms with E-state index in [1.165, 1.54) is 17.0 Å². The molecule has 0 amide bonds. The van der Waals surface area contributed by atoms with Crippen LogP contribution in [0.1, 0.15) is 30.9 Å². The van der Waals surface area contributed by atoms with Crippen LogP contribution in [-0.4, -0.2) is 30.9 Å². The third-order valence-corrected chi connectivity index (χ3v) is 7.68. The molecule has 0 spiro atoms. The number of sulfonamides is 1. The smallest absolute Gasteiger partial charge is 0.268 e. The Morgan fingerprint density at radius 1 is 1.18 bits per heavy atom. The van der Waals surface area contributed by atoms with E-state index in [9.17, 15) is 21.6 Å². The Balaban J connectivity index is 1.53. The van der Waals surface area contributed by atoms with Crippen LogP contribution in [0.4, 0.5) is 24.7 Å². The minimum Gasteiger partial charge on any atom is -0.381 e. The van der Waals surface area contributed by atoms with E-state index in [1.807, 2.05) is 10.8 Å². The van der Waals surface area contributed by atoms with Gasteiger partial charge in [0.2, 0.25) is 0 Å². The van der Waals surface area contributed by atoms with E-state index in [4.69, 9.17) is 0 Å². The van der Waals surface area contributed by atoms with Gasteiger partial charge in [-0.3, -0.25) is 9.62 Å². The molecule has 1 saturated heterocycles. The molecule has 4 rings (SSSR count). The zero-order valence-electron chi connectivity index (χ0n) is 17.8. The molecule has 0 bridgehead atoms. The molecule has 6 nitrogen and oxygen atoms in total. The lowest BCUT2D eigenvalue weighted by atomic mass is 10.1. The normalized spacial score (nSPS) is 16.8. The molecule has 176 valence electrons. The van der Waals surface area contributed by atoms with Crippen LogP contribution in [0.2, 0.25) is 0 Å². The van der Waals surface area contributed by atoms with Crippen molar-refractivity contribution < 1.29 is 21.6 Å². The summed E-state index contributed by atoms with van der Waals surface area (Å²) in [6.07, 6.45) is 2.18. The van der Waals surface area contributed by atoms with Gasteiger partial charge in [0.15, 0.2) is 10.7 Å². The van der Waals surface area contributed by atoms with E-state index in [0.29, 0.717) is 18.2 Å². The Labute approximate surface area is 194 Å². The molecular formula is C22H23F3N4O2S2. The molecule has 0 saturated carbocycles. The summed E-state index contributed by atoms with van der Waals surface area (Å²) in [5, 5.41) is 4.22. The highest BCUT2D eigenvalue weighted by Crippen LogP contribution is 2.27. The number of aromatic nitrogens is 1. The van der Waals surface area contributed by atoms with E-state index in [2.05, 4.69) is 22.1 Å². The molecule has 2 aromatic carbocycles. The van der Waals surface area contributed by atoms with Gasteiger partial charge in [-0.25, -0.2) is 26.6 Å². The van der Waals surface area contributed by atoms with Crippen LogP contribution in [-0.2, 0) is 23.1 Å². The van der Waals surface area contributed by atoms with Crippen LogP contribution >= 0.6 is 11.3 Å². The van der Waals surface area contributed by atoms with Gasteiger partial charge in [0.05, 0.1) is 5.51 Å². The third-order valence-electron chi connectivity index (χ3n) is 5.69. The number of nitrogens with zero attached hydrogens (tertiary/aromatic N) is 2. The maximum atomic E-state index is 14.6. The summed E-state index contributed by atoms with van der Waals surface area (Å²) in [7, 11) is -4.51. The van der Waals surface area contributed by atoms with E-state index >= 15 is 0 Å². The zero-order chi connectivity index (χ0) is 23.6. The van der Waals surface area contributed by atoms with Crippen molar-refractivity contribution in [1.29, 1.82) is 0 Å². The summed E-state index contributed by atoms with van der Waals surface area (Å²) >= 11 is 1.13. The molecule has 1 aliphatic heterocycles. The second-order valence-electron chi connectivity index (χ2n) is 7.94. The van der Waals surface area contributed by atoms with Gasteiger partial charge in [-0.05, 0) is 50.1 Å². The standard InChI is InChI=1S/C22H23F3N4O2S2/c1-14-4-3-7-29(14)11-15-5-2-6-18(23)17(15)10-26-16-8-19(24)22(20(25)9-16)33(30,31)28-21-12-32-13-27-21/h2,5-6,8-9,12-14,26,28H,3-4,7,10-11H2,1H3/t14-/m0/s1. The molecular weight excluding hydrogens is 473 g/mol. The second kappa shape index (κ2) is 9.70. The van der Waals surface area contributed by atoms with E-state index in [1.54, 1.807) is 6.07 Å². The summed E-state index contributed by atoms with van der Waals surface area (Å²) < 4.78 is 70.7. The lowest BCUT2D eigenvalue weighted by molar-refractivity contribution is 0.259. The molecule has 0 aliphatic carbocycles. The molecule has 11 heteroatoms.